The molecule has 0 aliphatic rings. The molecule has 0 aliphatic carbocycles. The average Bonchev–Trinajstić information content (AvgIpc) is 3.16. The lowest BCUT2D eigenvalue weighted by Gasteiger charge is -2.11. The number of amides is 1. The minimum Gasteiger partial charge on any atom is -0.352 e. The molecule has 0 aliphatic heterocycles. The van der Waals surface area contributed by atoms with Crippen LogP contribution in [-0.4, -0.2) is 32.1 Å². The molecule has 4 rings (SSSR count). The summed E-state index contributed by atoms with van der Waals surface area (Å²) in [5, 5.41) is 7.17. The minimum absolute atomic E-state index is 0.133. The highest BCUT2D eigenvalue weighted by atomic mass is 16.5. The predicted octanol–water partition coefficient (Wildman–Crippen LogP) is 2.75. The number of aryl methyl sites for hydroxylation is 3. The van der Waals surface area contributed by atoms with Crippen molar-refractivity contribution in [3.8, 4) is 5.69 Å². The number of nitrogens with one attached hydrogen (secondary N) is 1. The van der Waals surface area contributed by atoms with Gasteiger partial charge in [0, 0.05) is 18.5 Å². The molecule has 2 heterocycles. The topological polar surface area (TPSA) is 103 Å². The van der Waals surface area contributed by atoms with E-state index in [4.69, 9.17) is 4.52 Å². The van der Waals surface area contributed by atoms with Gasteiger partial charge in [0.25, 0.3) is 11.5 Å². The zero-order valence-electron chi connectivity index (χ0n) is 16.8. The number of fused-ring (bicyclic) bond motifs is 1. The first kappa shape index (κ1) is 19.5. The molecular formula is C22H21N5O3. The van der Waals surface area contributed by atoms with Crippen LogP contribution in [0.3, 0.4) is 0 Å². The maximum Gasteiger partial charge on any atom is 0.265 e. The van der Waals surface area contributed by atoms with Gasteiger partial charge < -0.3 is 9.84 Å². The fraction of sp³-hybridized carbons (Fsp3) is 0.227. The lowest BCUT2D eigenvalue weighted by atomic mass is 10.1. The molecule has 2 aromatic carbocycles. The summed E-state index contributed by atoms with van der Waals surface area (Å²) in [7, 11) is 0. The number of nitrogens with zero attached hydrogens (tertiary/aromatic N) is 4. The summed E-state index contributed by atoms with van der Waals surface area (Å²) < 4.78 is 6.60. The smallest absolute Gasteiger partial charge is 0.265 e. The van der Waals surface area contributed by atoms with Gasteiger partial charge in [0.15, 0.2) is 5.82 Å². The molecule has 4 aromatic rings. The van der Waals surface area contributed by atoms with E-state index in [0.717, 1.165) is 0 Å². The number of hydrogen-bond donors (Lipinski definition) is 1. The second-order valence-electron chi connectivity index (χ2n) is 6.96. The van der Waals surface area contributed by atoms with Gasteiger partial charge in [-0.3, -0.25) is 14.2 Å². The molecule has 8 nitrogen and oxygen atoms in total. The van der Waals surface area contributed by atoms with E-state index in [9.17, 15) is 9.59 Å². The molecule has 8 heteroatoms. The fourth-order valence-electron chi connectivity index (χ4n) is 3.29. The number of carbonyl (C=O) groups excluding carboxylic acids is 1. The predicted molar refractivity (Wildman–Crippen MR) is 112 cm³/mol. The number of aromatic nitrogens is 4. The Hall–Kier alpha value is -3.81. The van der Waals surface area contributed by atoms with Crippen LogP contribution in [0.4, 0.5) is 0 Å². The van der Waals surface area contributed by atoms with Gasteiger partial charge in [-0.2, -0.15) is 4.98 Å². The van der Waals surface area contributed by atoms with Gasteiger partial charge in [-0.05, 0) is 56.7 Å². The lowest BCUT2D eigenvalue weighted by Crippen LogP contribution is -2.25. The van der Waals surface area contributed by atoms with Gasteiger partial charge in [0.05, 0.1) is 16.6 Å². The van der Waals surface area contributed by atoms with Crippen molar-refractivity contribution in [2.24, 2.45) is 0 Å². The van der Waals surface area contributed by atoms with Gasteiger partial charge in [0.1, 0.15) is 5.82 Å². The normalized spacial score (nSPS) is 11.0. The number of para-hydroxylation sites is 1. The fourth-order valence-corrected chi connectivity index (χ4v) is 3.29. The Morgan fingerprint density at radius 1 is 1.07 bits per heavy atom. The van der Waals surface area contributed by atoms with Crippen LogP contribution >= 0.6 is 0 Å². The van der Waals surface area contributed by atoms with E-state index >= 15 is 0 Å². The first-order valence-electron chi connectivity index (χ1n) is 9.69. The molecule has 1 N–H and O–H groups in total. The number of benzene rings is 2. The summed E-state index contributed by atoms with van der Waals surface area (Å²) in [6, 6.07) is 14.2. The van der Waals surface area contributed by atoms with Crippen molar-refractivity contribution < 1.29 is 9.32 Å². The summed E-state index contributed by atoms with van der Waals surface area (Å²) in [6.07, 6.45) is 1.31. The molecule has 0 saturated heterocycles. The Morgan fingerprint density at radius 2 is 1.83 bits per heavy atom. The standard InChI is InChI=1S/C22H21N5O3/c1-14-24-20(30-26-14)8-5-13-23-21(28)16-9-11-17(12-10-16)27-15(2)25-19-7-4-3-6-18(19)22(27)29/h3-4,6-7,9-12H,5,8,13H2,1-2H3,(H,23,28). The number of carbonyl (C=O) groups is 1. The van der Waals surface area contributed by atoms with Gasteiger partial charge >= 0.3 is 0 Å². The van der Waals surface area contributed by atoms with Crippen molar-refractivity contribution in [2.75, 3.05) is 6.54 Å². The molecular weight excluding hydrogens is 382 g/mol. The molecule has 0 spiro atoms. The first-order chi connectivity index (χ1) is 14.5. The Labute approximate surface area is 172 Å². The molecule has 0 atom stereocenters. The van der Waals surface area contributed by atoms with E-state index in [0.29, 0.717) is 59.1 Å². The molecule has 0 saturated carbocycles. The van der Waals surface area contributed by atoms with Crippen LogP contribution in [0.15, 0.2) is 57.8 Å². The second kappa shape index (κ2) is 8.28. The summed E-state index contributed by atoms with van der Waals surface area (Å²) in [6.45, 7) is 4.05. The molecule has 0 bridgehead atoms. The highest BCUT2D eigenvalue weighted by Crippen LogP contribution is 2.13. The van der Waals surface area contributed by atoms with E-state index in [1.807, 2.05) is 18.2 Å². The molecule has 152 valence electrons. The quantitative estimate of drug-likeness (QED) is 0.497. The molecule has 0 fully saturated rings. The van der Waals surface area contributed by atoms with Gasteiger partial charge in [-0.25, -0.2) is 4.98 Å². The van der Waals surface area contributed by atoms with E-state index in [1.54, 1.807) is 48.7 Å². The van der Waals surface area contributed by atoms with Crippen molar-refractivity contribution in [1.29, 1.82) is 0 Å². The molecule has 0 radical (unpaired) electrons. The van der Waals surface area contributed by atoms with Crippen molar-refractivity contribution in [3.63, 3.8) is 0 Å². The van der Waals surface area contributed by atoms with E-state index in [-0.39, 0.29) is 11.5 Å². The third kappa shape index (κ3) is 3.98. The monoisotopic (exact) mass is 403 g/mol. The summed E-state index contributed by atoms with van der Waals surface area (Å²) in [5.41, 5.74) is 1.72. The van der Waals surface area contributed by atoms with Crippen LogP contribution in [0.2, 0.25) is 0 Å². The van der Waals surface area contributed by atoms with E-state index in [2.05, 4.69) is 20.4 Å². The zero-order valence-corrected chi connectivity index (χ0v) is 16.8. The third-order valence-corrected chi connectivity index (χ3v) is 4.75. The molecule has 1 amide bonds. The maximum atomic E-state index is 12.9. The molecule has 0 unspecified atom stereocenters. The lowest BCUT2D eigenvalue weighted by molar-refractivity contribution is 0.0953. The van der Waals surface area contributed by atoms with Crippen LogP contribution in [-0.2, 0) is 6.42 Å². The van der Waals surface area contributed by atoms with Crippen LogP contribution in [0, 0.1) is 13.8 Å². The van der Waals surface area contributed by atoms with Gasteiger partial charge in [0.2, 0.25) is 5.89 Å². The summed E-state index contributed by atoms with van der Waals surface area (Å²) in [5.74, 6) is 1.58. The van der Waals surface area contributed by atoms with Crippen molar-refractivity contribution in [3.05, 3.63) is 82.0 Å². The number of rotatable bonds is 6. The highest BCUT2D eigenvalue weighted by molar-refractivity contribution is 5.94. The Morgan fingerprint density at radius 3 is 2.57 bits per heavy atom. The SMILES string of the molecule is Cc1noc(CCCNC(=O)c2ccc(-n3c(C)nc4ccccc4c3=O)cc2)n1. The number of hydrogen-bond acceptors (Lipinski definition) is 6. The van der Waals surface area contributed by atoms with Crippen LogP contribution in [0.25, 0.3) is 16.6 Å². The van der Waals surface area contributed by atoms with Crippen molar-refractivity contribution >= 4 is 16.8 Å². The minimum atomic E-state index is -0.177. The average molecular weight is 403 g/mol. The highest BCUT2D eigenvalue weighted by Gasteiger charge is 2.11. The summed E-state index contributed by atoms with van der Waals surface area (Å²) >= 11 is 0. The van der Waals surface area contributed by atoms with Crippen LogP contribution in [0.5, 0.6) is 0 Å². The van der Waals surface area contributed by atoms with Gasteiger partial charge in [-0.15, -0.1) is 0 Å². The molecule has 30 heavy (non-hydrogen) atoms. The van der Waals surface area contributed by atoms with Crippen molar-refractivity contribution in [2.45, 2.75) is 26.7 Å². The zero-order chi connectivity index (χ0) is 21.1. The Balaban J connectivity index is 1.44. The second-order valence-corrected chi connectivity index (χ2v) is 6.96. The summed E-state index contributed by atoms with van der Waals surface area (Å²) in [4.78, 5) is 33.9. The Kier molecular flexibility index (Phi) is 5.38. The van der Waals surface area contributed by atoms with Crippen LogP contribution < -0.4 is 10.9 Å². The largest absolute Gasteiger partial charge is 0.352 e. The Bertz CT molecular complexity index is 1260. The maximum absolute atomic E-state index is 12.9. The van der Waals surface area contributed by atoms with E-state index < -0.39 is 0 Å². The van der Waals surface area contributed by atoms with Crippen LogP contribution in [0.1, 0.15) is 34.3 Å². The van der Waals surface area contributed by atoms with E-state index in [1.165, 1.54) is 0 Å². The third-order valence-electron chi connectivity index (χ3n) is 4.75. The molecule has 2 aromatic heterocycles. The first-order valence-corrected chi connectivity index (χ1v) is 9.69. The van der Waals surface area contributed by atoms with Gasteiger partial charge in [-0.1, -0.05) is 17.3 Å². The van der Waals surface area contributed by atoms with Crippen molar-refractivity contribution in [1.82, 2.24) is 25.0 Å².